The first-order valence-corrected chi connectivity index (χ1v) is 21.7. The average Bonchev–Trinajstić information content (AvgIpc) is 3.66. The van der Waals surface area contributed by atoms with Crippen LogP contribution in [0.3, 0.4) is 0 Å². The van der Waals surface area contributed by atoms with Gasteiger partial charge in [0.05, 0.1) is 30.5 Å². The van der Waals surface area contributed by atoms with Gasteiger partial charge in [-0.1, -0.05) is 111 Å². The van der Waals surface area contributed by atoms with E-state index in [0.29, 0.717) is 5.92 Å². The number of benzene rings is 5. The molecule has 8 rings (SSSR count). The van der Waals surface area contributed by atoms with E-state index in [1.165, 1.54) is 33.0 Å². The van der Waals surface area contributed by atoms with E-state index in [-0.39, 0.29) is 20.1 Å². The molecule has 0 aliphatic heterocycles. The molecule has 5 aromatic carbocycles. The van der Waals surface area contributed by atoms with Gasteiger partial charge in [-0.2, -0.15) is 0 Å². The molecule has 0 unspecified atom stereocenters. The number of hydrogen-bond donors (Lipinski definition) is 0. The second-order valence-electron chi connectivity index (χ2n) is 15.6. The van der Waals surface area contributed by atoms with Crippen LogP contribution < -0.4 is 5.19 Å². The van der Waals surface area contributed by atoms with Crippen LogP contribution in [0.4, 0.5) is 0 Å². The molecule has 3 heterocycles. The van der Waals surface area contributed by atoms with Crippen molar-refractivity contribution in [2.75, 3.05) is 0 Å². The van der Waals surface area contributed by atoms with Crippen LogP contribution in [0.5, 0.6) is 0 Å². The van der Waals surface area contributed by atoms with E-state index in [1.807, 2.05) is 36.4 Å². The predicted octanol–water partition coefficient (Wildman–Crippen LogP) is 11.9. The molecule has 0 saturated heterocycles. The van der Waals surface area contributed by atoms with E-state index in [2.05, 4.69) is 145 Å². The molecular formula is C47H47IrN3OSi-2. The number of para-hydroxylation sites is 3. The summed E-state index contributed by atoms with van der Waals surface area (Å²) in [6.45, 7) is 20.3. The van der Waals surface area contributed by atoms with Gasteiger partial charge in [0.1, 0.15) is 5.58 Å². The van der Waals surface area contributed by atoms with Crippen LogP contribution >= 0.6 is 0 Å². The quantitative estimate of drug-likeness (QED) is 0.123. The number of rotatable bonds is 6. The summed E-state index contributed by atoms with van der Waals surface area (Å²) in [5.41, 5.74) is 14.4. The molecular weight excluding hydrogens is 843 g/mol. The molecule has 0 atom stereocenters. The number of aryl methyl sites for hydroxylation is 4. The smallest absolute Gasteiger partial charge is 0.120 e. The number of nitrogens with zero attached hydrogens (tertiary/aromatic N) is 3. The Bertz CT molecular complexity index is 2550. The molecule has 0 spiro atoms. The maximum absolute atomic E-state index is 6.32. The van der Waals surface area contributed by atoms with Gasteiger partial charge in [0, 0.05) is 37.4 Å². The minimum atomic E-state index is -1.35. The van der Waals surface area contributed by atoms with E-state index in [1.54, 1.807) is 0 Å². The molecule has 0 amide bonds. The zero-order chi connectivity index (χ0) is 36.7. The van der Waals surface area contributed by atoms with Crippen molar-refractivity contribution < 1.29 is 24.5 Å². The molecule has 0 aliphatic rings. The monoisotopic (exact) mass is 890 g/mol. The second-order valence-corrected chi connectivity index (χ2v) is 20.6. The number of furan rings is 1. The van der Waals surface area contributed by atoms with Gasteiger partial charge in [-0.3, -0.25) is 4.98 Å². The van der Waals surface area contributed by atoms with E-state index in [0.717, 1.165) is 67.7 Å². The zero-order valence-electron chi connectivity index (χ0n) is 32.2. The molecule has 0 N–H and O–H groups in total. The first-order chi connectivity index (χ1) is 24.9. The van der Waals surface area contributed by atoms with Crippen molar-refractivity contribution in [3.63, 3.8) is 0 Å². The fourth-order valence-electron chi connectivity index (χ4n) is 7.46. The Balaban J connectivity index is 0.000000193. The average molecular weight is 890 g/mol. The van der Waals surface area contributed by atoms with Crippen molar-refractivity contribution in [2.24, 2.45) is 5.92 Å². The number of hydrogen-bond acceptors (Lipinski definition) is 3. The summed E-state index contributed by atoms with van der Waals surface area (Å²) in [4.78, 5) is 9.78. The van der Waals surface area contributed by atoms with E-state index >= 15 is 0 Å². The summed E-state index contributed by atoms with van der Waals surface area (Å²) in [6, 6.07) is 40.2. The van der Waals surface area contributed by atoms with Crippen molar-refractivity contribution in [1.29, 1.82) is 0 Å². The Morgan fingerprint density at radius 2 is 1.47 bits per heavy atom. The molecule has 3 aromatic heterocycles. The number of imidazole rings is 1. The van der Waals surface area contributed by atoms with Crippen LogP contribution in [-0.4, -0.2) is 22.6 Å². The van der Waals surface area contributed by atoms with Crippen LogP contribution in [0.2, 0.25) is 19.6 Å². The van der Waals surface area contributed by atoms with Crippen LogP contribution in [0.25, 0.3) is 61.3 Å². The molecule has 53 heavy (non-hydrogen) atoms. The summed E-state index contributed by atoms with van der Waals surface area (Å²) in [5.74, 6) is 1.51. The van der Waals surface area contributed by atoms with Gasteiger partial charge < -0.3 is 14.0 Å². The number of aromatic nitrogens is 3. The Morgan fingerprint density at radius 3 is 2.19 bits per heavy atom. The topological polar surface area (TPSA) is 43.9 Å². The summed E-state index contributed by atoms with van der Waals surface area (Å²) in [6.07, 6.45) is 3.25. The largest absolute Gasteiger partial charge is 0.501 e. The predicted molar refractivity (Wildman–Crippen MR) is 222 cm³/mol. The van der Waals surface area contributed by atoms with Gasteiger partial charge in [0.2, 0.25) is 0 Å². The minimum absolute atomic E-state index is 0. The molecule has 0 saturated carbocycles. The Kier molecular flexibility index (Phi) is 11.1. The van der Waals surface area contributed by atoms with Gasteiger partial charge in [-0.05, 0) is 73.3 Å². The van der Waals surface area contributed by atoms with Crippen molar-refractivity contribution in [3.8, 4) is 28.3 Å². The third-order valence-corrected chi connectivity index (χ3v) is 11.7. The van der Waals surface area contributed by atoms with Crippen LogP contribution in [-0.2, 0) is 26.5 Å². The Labute approximate surface area is 328 Å². The van der Waals surface area contributed by atoms with E-state index in [4.69, 9.17) is 14.4 Å². The summed E-state index contributed by atoms with van der Waals surface area (Å²) in [5, 5.41) is 3.69. The fraction of sp³-hybridized carbons (Fsp3) is 0.234. The van der Waals surface area contributed by atoms with Crippen molar-refractivity contribution in [1.82, 2.24) is 14.5 Å². The summed E-state index contributed by atoms with van der Waals surface area (Å²) >= 11 is 0. The SMILES string of the molecule is Cc1cc(C)c(-n2c(-c3[c-]ccc4c3oc3ccccc34)nc3ccccc32)c(C)c1.Cc1cc[c-]c(-c2cc(CC(C)C)c([Si](C)(C)C)cn2)c1.[Ir]. The van der Waals surface area contributed by atoms with Crippen LogP contribution in [0, 0.1) is 45.7 Å². The first-order valence-electron chi connectivity index (χ1n) is 18.2. The van der Waals surface area contributed by atoms with E-state index < -0.39 is 8.07 Å². The van der Waals surface area contributed by atoms with Gasteiger partial charge in [-0.15, -0.1) is 53.6 Å². The third kappa shape index (κ3) is 7.73. The second kappa shape index (κ2) is 15.4. The zero-order valence-corrected chi connectivity index (χ0v) is 35.6. The van der Waals surface area contributed by atoms with Gasteiger partial charge in [0.25, 0.3) is 0 Å². The van der Waals surface area contributed by atoms with Crippen LogP contribution in [0.1, 0.15) is 41.7 Å². The van der Waals surface area contributed by atoms with Crippen molar-refractivity contribution >= 4 is 46.2 Å². The van der Waals surface area contributed by atoms with E-state index in [9.17, 15) is 0 Å². The molecule has 271 valence electrons. The van der Waals surface area contributed by atoms with Crippen LogP contribution in [0.15, 0.2) is 108 Å². The normalized spacial score (nSPS) is 11.6. The minimum Gasteiger partial charge on any atom is -0.501 e. The van der Waals surface area contributed by atoms with Crippen molar-refractivity contribution in [3.05, 3.63) is 143 Å². The Hall–Kier alpha value is -4.61. The molecule has 0 bridgehead atoms. The molecule has 8 aromatic rings. The molecule has 0 fully saturated rings. The Morgan fingerprint density at radius 1 is 0.774 bits per heavy atom. The van der Waals surface area contributed by atoms with Gasteiger partial charge in [0.15, 0.2) is 0 Å². The van der Waals surface area contributed by atoms with Gasteiger partial charge in [-0.25, -0.2) is 0 Å². The number of fused-ring (bicyclic) bond motifs is 4. The molecule has 0 aliphatic carbocycles. The van der Waals surface area contributed by atoms with Gasteiger partial charge >= 0.3 is 0 Å². The molecule has 1 radical (unpaired) electrons. The maximum Gasteiger partial charge on any atom is 0.120 e. The summed E-state index contributed by atoms with van der Waals surface area (Å²) < 4.78 is 8.58. The first kappa shape index (κ1) is 38.1. The summed E-state index contributed by atoms with van der Waals surface area (Å²) in [7, 11) is -1.35. The molecule has 6 heteroatoms. The number of pyridine rings is 1. The maximum atomic E-state index is 6.32. The standard InChI is InChI=1S/C28H21N2O.C19H26NSi.Ir/c1-17-15-18(2)26(19(3)16-17)30-24-13-6-5-12-23(24)29-28(30)22-11-8-10-21-20-9-4-7-14-25(20)31-27(21)22;1-14(2)10-17-12-18(16-9-7-8-15(3)11-16)20-13-19(17)21(4,5)6;/h4-10,12-16H,1-3H3;7-8,11-14H,10H2,1-6H3;/q2*-1;. The van der Waals surface area contributed by atoms with Crippen molar-refractivity contribution in [2.45, 2.75) is 67.6 Å². The third-order valence-electron chi connectivity index (χ3n) is 9.64. The fourth-order valence-corrected chi connectivity index (χ4v) is 9.05. The molecule has 4 nitrogen and oxygen atoms in total.